The number of carbonyl (C=O) groups is 2. The van der Waals surface area contributed by atoms with Crippen LogP contribution < -0.4 is 10.6 Å². The lowest BCUT2D eigenvalue weighted by Crippen LogP contribution is -2.54. The molecule has 2 amide bonds. The predicted molar refractivity (Wildman–Crippen MR) is 114 cm³/mol. The van der Waals surface area contributed by atoms with Crippen molar-refractivity contribution in [3.63, 3.8) is 0 Å². The molecule has 0 aliphatic heterocycles. The van der Waals surface area contributed by atoms with Gasteiger partial charge in [0.2, 0.25) is 11.8 Å². The van der Waals surface area contributed by atoms with Gasteiger partial charge >= 0.3 is 0 Å². The summed E-state index contributed by atoms with van der Waals surface area (Å²) in [6.45, 7) is 5.10. The molecule has 0 aromatic heterocycles. The summed E-state index contributed by atoms with van der Waals surface area (Å²) >= 11 is 6.40. The average molecular weight is 406 g/mol. The van der Waals surface area contributed by atoms with Crippen LogP contribution in [-0.2, 0) is 16.0 Å². The van der Waals surface area contributed by atoms with E-state index in [-0.39, 0.29) is 23.4 Å². The molecule has 2 N–H and O–H groups in total. The number of rotatable bonds is 8. The maximum atomic E-state index is 12.6. The Morgan fingerprint density at radius 3 is 2.50 bits per heavy atom. The van der Waals surface area contributed by atoms with Crippen molar-refractivity contribution in [2.24, 2.45) is 0 Å². The number of nitrogens with zero attached hydrogens (tertiary/aromatic N) is 1. The number of hydrogen-bond donors (Lipinski definition) is 2. The molecule has 5 nitrogen and oxygen atoms in total. The van der Waals surface area contributed by atoms with E-state index in [9.17, 15) is 9.59 Å². The quantitative estimate of drug-likeness (QED) is 0.652. The van der Waals surface area contributed by atoms with Crippen LogP contribution in [0.5, 0.6) is 0 Å². The smallest absolute Gasteiger partial charge is 0.243 e. The van der Waals surface area contributed by atoms with Crippen LogP contribution in [0.4, 0.5) is 0 Å². The van der Waals surface area contributed by atoms with Gasteiger partial charge in [-0.15, -0.1) is 6.58 Å². The standard InChI is InChI=1S/C22H32ClN3O2/c1-5-8-20(24-16(2)27)21(28)25-18-11-13-22(14-12-18,26(3)4)15-17-9-6-7-10-19(17)23/h5-7,9-10,18,20H,1,8,11-15H2,2-4H3,(H,24,27)(H,25,28). The fraction of sp³-hybridized carbons (Fsp3) is 0.545. The molecule has 1 aromatic rings. The Bertz CT molecular complexity index is 697. The fourth-order valence-corrected chi connectivity index (χ4v) is 4.23. The maximum Gasteiger partial charge on any atom is 0.243 e. The summed E-state index contributed by atoms with van der Waals surface area (Å²) in [5.74, 6) is -0.347. The Labute approximate surface area is 173 Å². The topological polar surface area (TPSA) is 61.4 Å². The zero-order valence-corrected chi connectivity index (χ0v) is 17.9. The van der Waals surface area contributed by atoms with E-state index in [0.717, 1.165) is 42.7 Å². The predicted octanol–water partition coefficient (Wildman–Crippen LogP) is 3.32. The number of carbonyl (C=O) groups excluding carboxylic acids is 2. The first-order valence-electron chi connectivity index (χ1n) is 9.86. The molecule has 1 aromatic carbocycles. The van der Waals surface area contributed by atoms with Gasteiger partial charge in [0.1, 0.15) is 6.04 Å². The molecule has 0 spiro atoms. The van der Waals surface area contributed by atoms with Gasteiger partial charge in [-0.05, 0) is 64.3 Å². The average Bonchev–Trinajstić information content (AvgIpc) is 2.64. The van der Waals surface area contributed by atoms with Gasteiger partial charge in [0.15, 0.2) is 0 Å². The highest BCUT2D eigenvalue weighted by Gasteiger charge is 2.38. The van der Waals surface area contributed by atoms with Gasteiger partial charge in [0, 0.05) is 23.5 Å². The van der Waals surface area contributed by atoms with Crippen LogP contribution in [-0.4, -0.2) is 48.4 Å². The molecule has 1 fully saturated rings. The molecule has 1 saturated carbocycles. The van der Waals surface area contributed by atoms with E-state index in [4.69, 9.17) is 11.6 Å². The highest BCUT2D eigenvalue weighted by Crippen LogP contribution is 2.36. The molecular weight excluding hydrogens is 374 g/mol. The highest BCUT2D eigenvalue weighted by atomic mass is 35.5. The van der Waals surface area contributed by atoms with Crippen LogP contribution in [0.15, 0.2) is 36.9 Å². The van der Waals surface area contributed by atoms with E-state index in [0.29, 0.717) is 6.42 Å². The highest BCUT2D eigenvalue weighted by molar-refractivity contribution is 6.31. The van der Waals surface area contributed by atoms with Crippen molar-refractivity contribution in [2.75, 3.05) is 14.1 Å². The van der Waals surface area contributed by atoms with Crippen molar-refractivity contribution < 1.29 is 9.59 Å². The van der Waals surface area contributed by atoms with Crippen LogP contribution in [0.1, 0.15) is 44.6 Å². The molecule has 0 heterocycles. The number of likely N-dealkylation sites (N-methyl/N-ethyl adjacent to an activating group) is 1. The SMILES string of the molecule is C=CCC(NC(C)=O)C(=O)NC1CCC(Cc2ccccc2Cl)(N(C)C)CC1. The summed E-state index contributed by atoms with van der Waals surface area (Å²) in [5, 5.41) is 6.62. The molecule has 1 aliphatic carbocycles. The molecule has 2 rings (SSSR count). The van der Waals surface area contributed by atoms with E-state index in [2.05, 4.69) is 42.3 Å². The van der Waals surface area contributed by atoms with E-state index in [1.165, 1.54) is 6.92 Å². The lowest BCUT2D eigenvalue weighted by Gasteiger charge is -2.45. The van der Waals surface area contributed by atoms with Crippen LogP contribution in [0.2, 0.25) is 5.02 Å². The minimum Gasteiger partial charge on any atom is -0.352 e. The second kappa shape index (κ2) is 10.1. The molecule has 0 bridgehead atoms. The van der Waals surface area contributed by atoms with Crippen LogP contribution in [0, 0.1) is 0 Å². The minimum atomic E-state index is -0.557. The number of nitrogens with one attached hydrogen (secondary N) is 2. The number of amides is 2. The molecule has 0 radical (unpaired) electrons. The van der Waals surface area contributed by atoms with Gasteiger partial charge in [-0.3, -0.25) is 9.59 Å². The third kappa shape index (κ3) is 5.82. The van der Waals surface area contributed by atoms with E-state index >= 15 is 0 Å². The number of hydrogen-bond acceptors (Lipinski definition) is 3. The zero-order valence-electron chi connectivity index (χ0n) is 17.1. The summed E-state index contributed by atoms with van der Waals surface area (Å²) in [4.78, 5) is 26.2. The molecule has 28 heavy (non-hydrogen) atoms. The van der Waals surface area contributed by atoms with Gasteiger partial charge in [-0.1, -0.05) is 35.9 Å². The van der Waals surface area contributed by atoms with Crippen molar-refractivity contribution in [3.8, 4) is 0 Å². The maximum absolute atomic E-state index is 12.6. The van der Waals surface area contributed by atoms with Crippen molar-refractivity contribution in [3.05, 3.63) is 47.5 Å². The van der Waals surface area contributed by atoms with Gasteiger partial charge in [-0.2, -0.15) is 0 Å². The molecular formula is C22H32ClN3O2. The fourth-order valence-electron chi connectivity index (χ4n) is 4.02. The lowest BCUT2D eigenvalue weighted by molar-refractivity contribution is -0.128. The summed E-state index contributed by atoms with van der Waals surface area (Å²) in [6, 6.07) is 7.57. The van der Waals surface area contributed by atoms with Gasteiger partial charge in [-0.25, -0.2) is 0 Å². The largest absolute Gasteiger partial charge is 0.352 e. The molecule has 1 unspecified atom stereocenters. The lowest BCUT2D eigenvalue weighted by atomic mass is 9.74. The first-order chi connectivity index (χ1) is 13.3. The molecule has 0 saturated heterocycles. The summed E-state index contributed by atoms with van der Waals surface area (Å²) in [7, 11) is 4.24. The second-order valence-corrected chi connectivity index (χ2v) is 8.35. The normalized spacial score (nSPS) is 23.1. The van der Waals surface area contributed by atoms with E-state index in [1.807, 2.05) is 18.2 Å². The van der Waals surface area contributed by atoms with Crippen LogP contribution >= 0.6 is 11.6 Å². The van der Waals surface area contributed by atoms with Crippen molar-refractivity contribution >= 4 is 23.4 Å². The number of halogens is 1. The minimum absolute atomic E-state index is 0.0321. The zero-order chi connectivity index (χ0) is 20.7. The first kappa shape index (κ1) is 22.4. The van der Waals surface area contributed by atoms with Crippen molar-refractivity contribution in [1.29, 1.82) is 0 Å². The molecule has 6 heteroatoms. The Kier molecular flexibility index (Phi) is 8.08. The van der Waals surface area contributed by atoms with Gasteiger partial charge in [0.25, 0.3) is 0 Å². The summed E-state index contributed by atoms with van der Waals surface area (Å²) < 4.78 is 0. The van der Waals surface area contributed by atoms with Crippen molar-refractivity contribution in [1.82, 2.24) is 15.5 Å². The molecule has 154 valence electrons. The third-order valence-electron chi connectivity index (χ3n) is 5.79. The van der Waals surface area contributed by atoms with Crippen LogP contribution in [0.3, 0.4) is 0 Å². The molecule has 1 atom stereocenters. The number of benzene rings is 1. The van der Waals surface area contributed by atoms with E-state index in [1.54, 1.807) is 6.08 Å². The Hall–Kier alpha value is -1.85. The Balaban J connectivity index is 2.00. The van der Waals surface area contributed by atoms with Gasteiger partial charge in [0.05, 0.1) is 0 Å². The first-order valence-corrected chi connectivity index (χ1v) is 10.2. The van der Waals surface area contributed by atoms with Gasteiger partial charge < -0.3 is 15.5 Å². The Morgan fingerprint density at radius 1 is 1.32 bits per heavy atom. The molecule has 1 aliphatic rings. The van der Waals surface area contributed by atoms with E-state index < -0.39 is 6.04 Å². The summed E-state index contributed by atoms with van der Waals surface area (Å²) in [5.41, 5.74) is 1.20. The van der Waals surface area contributed by atoms with Crippen LogP contribution in [0.25, 0.3) is 0 Å². The van der Waals surface area contributed by atoms with Crippen molar-refractivity contribution in [2.45, 2.75) is 63.1 Å². The second-order valence-electron chi connectivity index (χ2n) is 7.95. The summed E-state index contributed by atoms with van der Waals surface area (Å²) in [6.07, 6.45) is 6.72. The monoisotopic (exact) mass is 405 g/mol. The third-order valence-corrected chi connectivity index (χ3v) is 6.15. The Morgan fingerprint density at radius 2 is 1.96 bits per heavy atom.